The van der Waals surface area contributed by atoms with Crippen molar-refractivity contribution in [1.29, 1.82) is 0 Å². The maximum absolute atomic E-state index is 13.1. The molecule has 0 saturated carbocycles. The minimum absolute atomic E-state index is 0.0762. The Morgan fingerprint density at radius 3 is 2.71 bits per heavy atom. The lowest BCUT2D eigenvalue weighted by atomic mass is 9.94. The lowest BCUT2D eigenvalue weighted by Gasteiger charge is -2.37. The first-order valence-corrected chi connectivity index (χ1v) is 11.9. The molecule has 3 aliphatic heterocycles. The Morgan fingerprint density at radius 1 is 1.14 bits per heavy atom. The third-order valence-electron chi connectivity index (χ3n) is 7.53. The number of aromatic nitrogens is 4. The van der Waals surface area contributed by atoms with E-state index in [1.54, 1.807) is 10.7 Å². The smallest absolute Gasteiger partial charge is 0.338 e. The van der Waals surface area contributed by atoms with Crippen molar-refractivity contribution in [3.05, 3.63) is 70.0 Å². The molecule has 1 N–H and O–H groups in total. The topological polar surface area (TPSA) is 114 Å². The van der Waals surface area contributed by atoms with Gasteiger partial charge in [-0.25, -0.2) is 9.48 Å². The molecule has 10 nitrogen and oxygen atoms in total. The molecule has 0 bridgehead atoms. The van der Waals surface area contributed by atoms with Gasteiger partial charge in [-0.15, -0.1) is 5.10 Å². The molecule has 6 rings (SSSR count). The number of amides is 1. The van der Waals surface area contributed by atoms with Crippen LogP contribution in [0, 0.1) is 6.92 Å². The quantitative estimate of drug-likeness (QED) is 0.557. The Bertz CT molecular complexity index is 1300. The molecule has 0 spiro atoms. The largest absolute Gasteiger partial charge is 0.457 e. The molecule has 2 aromatic carbocycles. The fraction of sp³-hybridized carbons (Fsp3) is 0.400. The summed E-state index contributed by atoms with van der Waals surface area (Å²) in [5, 5.41) is 22.2. The van der Waals surface area contributed by atoms with Crippen LogP contribution in [0.5, 0.6) is 0 Å². The molecule has 1 saturated heterocycles. The van der Waals surface area contributed by atoms with E-state index in [0.717, 1.165) is 59.4 Å². The van der Waals surface area contributed by atoms with Crippen molar-refractivity contribution in [2.75, 3.05) is 19.6 Å². The van der Waals surface area contributed by atoms with E-state index >= 15 is 0 Å². The van der Waals surface area contributed by atoms with Crippen molar-refractivity contribution in [2.24, 2.45) is 0 Å². The SMILES string of the molecule is Cc1c([C@@H](O)CN2CCC(N3Cc4cc(-n5cnnn5)ccc4C3=O)CC2)ccc2c1COC2=O. The van der Waals surface area contributed by atoms with Crippen molar-refractivity contribution in [3.8, 4) is 5.69 Å². The van der Waals surface area contributed by atoms with Crippen LogP contribution in [-0.4, -0.2) is 72.7 Å². The van der Waals surface area contributed by atoms with Gasteiger partial charge in [0, 0.05) is 43.3 Å². The Labute approximate surface area is 202 Å². The number of fused-ring (bicyclic) bond motifs is 2. The van der Waals surface area contributed by atoms with Crippen molar-refractivity contribution in [3.63, 3.8) is 0 Å². The second kappa shape index (κ2) is 8.54. The van der Waals surface area contributed by atoms with E-state index in [-0.39, 0.29) is 24.5 Å². The van der Waals surface area contributed by atoms with Gasteiger partial charge >= 0.3 is 5.97 Å². The number of likely N-dealkylation sites (tertiary alicyclic amines) is 1. The summed E-state index contributed by atoms with van der Waals surface area (Å²) in [6, 6.07) is 9.46. The molecule has 10 heteroatoms. The minimum atomic E-state index is -0.644. The van der Waals surface area contributed by atoms with Crippen LogP contribution in [0.3, 0.4) is 0 Å². The molecule has 1 atom stereocenters. The van der Waals surface area contributed by atoms with Gasteiger partial charge in [0.2, 0.25) is 0 Å². The van der Waals surface area contributed by atoms with E-state index in [2.05, 4.69) is 20.4 Å². The average Bonchev–Trinajstić information content (AvgIpc) is 3.60. The fourth-order valence-corrected chi connectivity index (χ4v) is 5.53. The highest BCUT2D eigenvalue weighted by atomic mass is 16.5. The van der Waals surface area contributed by atoms with Crippen molar-refractivity contribution in [2.45, 2.75) is 45.1 Å². The normalized spacial score (nSPS) is 19.1. The standard InChI is InChI=1S/C25H26N6O4/c1-15-19(4-5-21-22(15)13-35-25(21)34)23(32)12-29-8-6-17(7-9-29)30-11-16-10-18(31-14-26-27-28-31)2-3-20(16)24(30)33/h2-5,10,14,17,23,32H,6-9,11-13H2,1H3/t23-/m0/s1. The molecule has 35 heavy (non-hydrogen) atoms. The summed E-state index contributed by atoms with van der Waals surface area (Å²) < 4.78 is 6.72. The number of hydrogen-bond acceptors (Lipinski definition) is 8. The van der Waals surface area contributed by atoms with Crippen molar-refractivity contribution >= 4 is 11.9 Å². The molecule has 4 heterocycles. The first-order chi connectivity index (χ1) is 17.0. The van der Waals surface area contributed by atoms with Gasteiger partial charge in [0.05, 0.1) is 17.4 Å². The summed E-state index contributed by atoms with van der Waals surface area (Å²) in [6.07, 6.45) is 2.61. The average molecular weight is 475 g/mol. The molecule has 180 valence electrons. The third-order valence-corrected chi connectivity index (χ3v) is 7.53. The summed E-state index contributed by atoms with van der Waals surface area (Å²) >= 11 is 0. The van der Waals surface area contributed by atoms with Gasteiger partial charge < -0.3 is 19.6 Å². The zero-order valence-electron chi connectivity index (χ0n) is 19.4. The lowest BCUT2D eigenvalue weighted by Crippen LogP contribution is -2.45. The summed E-state index contributed by atoms with van der Waals surface area (Å²) in [6.45, 7) is 4.94. The number of hydrogen-bond donors (Lipinski definition) is 1. The van der Waals surface area contributed by atoms with Crippen LogP contribution in [-0.2, 0) is 17.9 Å². The third kappa shape index (κ3) is 3.78. The van der Waals surface area contributed by atoms with Gasteiger partial charge in [0.1, 0.15) is 12.9 Å². The lowest BCUT2D eigenvalue weighted by molar-refractivity contribution is 0.0503. The maximum Gasteiger partial charge on any atom is 0.338 e. The van der Waals surface area contributed by atoms with Crippen molar-refractivity contribution in [1.82, 2.24) is 30.0 Å². The zero-order valence-corrected chi connectivity index (χ0v) is 19.4. The fourth-order valence-electron chi connectivity index (χ4n) is 5.53. The summed E-state index contributed by atoms with van der Waals surface area (Å²) in [7, 11) is 0. The Balaban J connectivity index is 1.08. The number of tetrazole rings is 1. The van der Waals surface area contributed by atoms with Crippen LogP contribution in [0.25, 0.3) is 5.69 Å². The Kier molecular flexibility index (Phi) is 5.34. The van der Waals surface area contributed by atoms with Crippen LogP contribution >= 0.6 is 0 Å². The number of benzene rings is 2. The number of aliphatic hydroxyl groups excluding tert-OH is 1. The van der Waals surface area contributed by atoms with E-state index in [1.807, 2.05) is 36.1 Å². The van der Waals surface area contributed by atoms with Crippen LogP contribution < -0.4 is 0 Å². The van der Waals surface area contributed by atoms with E-state index in [4.69, 9.17) is 4.74 Å². The molecule has 0 aliphatic carbocycles. The van der Waals surface area contributed by atoms with Gasteiger partial charge in [-0.1, -0.05) is 6.07 Å². The number of piperidine rings is 1. The number of cyclic esters (lactones) is 1. The summed E-state index contributed by atoms with van der Waals surface area (Å²) in [5.41, 5.74) is 5.82. The second-order valence-electron chi connectivity index (χ2n) is 9.46. The minimum Gasteiger partial charge on any atom is -0.457 e. The highest BCUT2D eigenvalue weighted by Gasteiger charge is 2.35. The second-order valence-corrected chi connectivity index (χ2v) is 9.46. The molecule has 1 fully saturated rings. The van der Waals surface area contributed by atoms with E-state index in [9.17, 15) is 14.7 Å². The van der Waals surface area contributed by atoms with Crippen molar-refractivity contribution < 1.29 is 19.4 Å². The molecule has 0 radical (unpaired) electrons. The molecule has 1 amide bonds. The first-order valence-electron chi connectivity index (χ1n) is 11.9. The molecular formula is C25H26N6O4. The zero-order chi connectivity index (χ0) is 24.1. The van der Waals surface area contributed by atoms with E-state index in [1.165, 1.54) is 6.33 Å². The number of nitrogens with zero attached hydrogens (tertiary/aromatic N) is 6. The summed E-state index contributed by atoms with van der Waals surface area (Å²) in [4.78, 5) is 29.1. The number of ether oxygens (including phenoxy) is 1. The highest BCUT2D eigenvalue weighted by Crippen LogP contribution is 2.32. The van der Waals surface area contributed by atoms with Crippen LogP contribution in [0.2, 0.25) is 0 Å². The number of aliphatic hydroxyl groups is 1. The predicted molar refractivity (Wildman–Crippen MR) is 124 cm³/mol. The first kappa shape index (κ1) is 21.9. The molecular weight excluding hydrogens is 448 g/mol. The number of esters is 1. The van der Waals surface area contributed by atoms with Gasteiger partial charge in [-0.2, -0.15) is 0 Å². The highest BCUT2D eigenvalue weighted by molar-refractivity contribution is 5.98. The van der Waals surface area contributed by atoms with Gasteiger partial charge in [0.25, 0.3) is 5.91 Å². The molecule has 3 aromatic rings. The Hall–Kier alpha value is -3.63. The predicted octanol–water partition coefficient (Wildman–Crippen LogP) is 1.79. The number of carbonyl (C=O) groups excluding carboxylic acids is 2. The monoisotopic (exact) mass is 474 g/mol. The number of rotatable bonds is 5. The molecule has 0 unspecified atom stereocenters. The summed E-state index contributed by atoms with van der Waals surface area (Å²) in [5.74, 6) is -0.219. The van der Waals surface area contributed by atoms with Crippen LogP contribution in [0.4, 0.5) is 0 Å². The Morgan fingerprint density at radius 2 is 1.94 bits per heavy atom. The maximum atomic E-state index is 13.1. The van der Waals surface area contributed by atoms with E-state index in [0.29, 0.717) is 18.7 Å². The van der Waals surface area contributed by atoms with Crippen LogP contribution in [0.1, 0.15) is 61.9 Å². The van der Waals surface area contributed by atoms with E-state index < -0.39 is 6.10 Å². The number of β-amino-alcohol motifs (C(OH)–C–C–N with tert-alkyl or cyclic N) is 1. The molecule has 1 aromatic heterocycles. The van der Waals surface area contributed by atoms with Gasteiger partial charge in [-0.3, -0.25) is 4.79 Å². The molecule has 3 aliphatic rings. The van der Waals surface area contributed by atoms with Gasteiger partial charge in [-0.05, 0) is 71.1 Å². The van der Waals surface area contributed by atoms with Crippen LogP contribution in [0.15, 0.2) is 36.7 Å². The van der Waals surface area contributed by atoms with Gasteiger partial charge in [0.15, 0.2) is 0 Å². The number of carbonyl (C=O) groups is 2.